The lowest BCUT2D eigenvalue weighted by molar-refractivity contribution is 0.354. The van der Waals surface area contributed by atoms with E-state index in [0.29, 0.717) is 0 Å². The first-order valence-corrected chi connectivity index (χ1v) is 7.22. The second kappa shape index (κ2) is 7.14. The van der Waals surface area contributed by atoms with Gasteiger partial charge in [0.15, 0.2) is 11.5 Å². The van der Waals surface area contributed by atoms with Crippen molar-refractivity contribution in [1.82, 2.24) is 5.32 Å². The summed E-state index contributed by atoms with van der Waals surface area (Å²) in [6, 6.07) is 14.7. The van der Waals surface area contributed by atoms with Crippen molar-refractivity contribution in [1.29, 1.82) is 0 Å². The van der Waals surface area contributed by atoms with Crippen LogP contribution in [0.15, 0.2) is 42.5 Å². The van der Waals surface area contributed by atoms with E-state index in [4.69, 9.17) is 9.47 Å². The highest BCUT2D eigenvalue weighted by Crippen LogP contribution is 2.33. The number of methoxy groups -OCH3 is 2. The van der Waals surface area contributed by atoms with Crippen LogP contribution in [-0.2, 0) is 0 Å². The fourth-order valence-electron chi connectivity index (χ4n) is 2.55. The zero-order valence-corrected chi connectivity index (χ0v) is 13.1. The maximum absolute atomic E-state index is 5.42. The Labute approximate surface area is 126 Å². The average Bonchev–Trinajstić information content (AvgIpc) is 2.53. The summed E-state index contributed by atoms with van der Waals surface area (Å²) in [6.45, 7) is 5.15. The Balaban J connectivity index is 2.46. The summed E-state index contributed by atoms with van der Waals surface area (Å²) in [7, 11) is 3.32. The molecule has 0 aromatic heterocycles. The summed E-state index contributed by atoms with van der Waals surface area (Å²) >= 11 is 0. The molecule has 1 atom stereocenters. The quantitative estimate of drug-likeness (QED) is 0.877. The molecule has 2 aromatic carbocycles. The molecule has 0 amide bonds. The number of nitrogens with one attached hydrogen (secondary N) is 1. The van der Waals surface area contributed by atoms with Gasteiger partial charge >= 0.3 is 0 Å². The number of hydrogen-bond donors (Lipinski definition) is 1. The Hall–Kier alpha value is -2.00. The van der Waals surface area contributed by atoms with Gasteiger partial charge in [-0.15, -0.1) is 0 Å². The fourth-order valence-corrected chi connectivity index (χ4v) is 2.55. The van der Waals surface area contributed by atoms with Crippen LogP contribution in [0.25, 0.3) is 0 Å². The summed E-state index contributed by atoms with van der Waals surface area (Å²) in [5.74, 6) is 1.51. The van der Waals surface area contributed by atoms with Crippen molar-refractivity contribution in [2.45, 2.75) is 19.9 Å². The summed E-state index contributed by atoms with van der Waals surface area (Å²) in [5, 5.41) is 3.55. The molecule has 0 aliphatic rings. The van der Waals surface area contributed by atoms with Gasteiger partial charge in [-0.1, -0.05) is 37.3 Å². The van der Waals surface area contributed by atoms with Crippen molar-refractivity contribution in [2.24, 2.45) is 0 Å². The maximum Gasteiger partial charge on any atom is 0.161 e. The Morgan fingerprint density at radius 3 is 2.33 bits per heavy atom. The molecule has 0 fully saturated rings. The van der Waals surface area contributed by atoms with Gasteiger partial charge in [-0.05, 0) is 42.3 Å². The van der Waals surface area contributed by atoms with Gasteiger partial charge in [0.2, 0.25) is 0 Å². The number of hydrogen-bond acceptors (Lipinski definition) is 3. The standard InChI is InChI=1S/C18H23NO2/c1-5-19-18(15-9-7-6-8-13(15)2)14-10-11-16(20-3)17(12-14)21-4/h6-12,18-19H,5H2,1-4H3. The van der Waals surface area contributed by atoms with Crippen molar-refractivity contribution in [3.05, 3.63) is 59.2 Å². The van der Waals surface area contributed by atoms with E-state index in [-0.39, 0.29) is 6.04 Å². The van der Waals surface area contributed by atoms with Crippen molar-refractivity contribution in [2.75, 3.05) is 20.8 Å². The number of rotatable bonds is 6. The molecule has 1 N–H and O–H groups in total. The van der Waals surface area contributed by atoms with Crippen LogP contribution in [0.2, 0.25) is 0 Å². The monoisotopic (exact) mass is 285 g/mol. The third-order valence-electron chi connectivity index (χ3n) is 3.65. The highest BCUT2D eigenvalue weighted by molar-refractivity contribution is 5.46. The first kappa shape index (κ1) is 15.4. The third-order valence-corrected chi connectivity index (χ3v) is 3.65. The molecule has 1 unspecified atom stereocenters. The van der Waals surface area contributed by atoms with Crippen LogP contribution in [0, 0.1) is 6.92 Å². The topological polar surface area (TPSA) is 30.5 Å². The third kappa shape index (κ3) is 3.37. The van der Waals surface area contributed by atoms with E-state index in [2.05, 4.69) is 49.5 Å². The van der Waals surface area contributed by atoms with Crippen molar-refractivity contribution in [3.63, 3.8) is 0 Å². The van der Waals surface area contributed by atoms with E-state index in [1.165, 1.54) is 16.7 Å². The second-order valence-electron chi connectivity index (χ2n) is 4.96. The number of benzene rings is 2. The number of aryl methyl sites for hydroxylation is 1. The molecule has 0 spiro atoms. The first-order valence-electron chi connectivity index (χ1n) is 7.22. The summed E-state index contributed by atoms with van der Waals surface area (Å²) in [6.07, 6.45) is 0. The summed E-state index contributed by atoms with van der Waals surface area (Å²) in [5.41, 5.74) is 3.73. The summed E-state index contributed by atoms with van der Waals surface area (Å²) < 4.78 is 10.7. The van der Waals surface area contributed by atoms with Crippen molar-refractivity contribution >= 4 is 0 Å². The zero-order chi connectivity index (χ0) is 15.2. The van der Waals surface area contributed by atoms with Crippen molar-refractivity contribution < 1.29 is 9.47 Å². The van der Waals surface area contributed by atoms with Gasteiger partial charge in [-0.25, -0.2) is 0 Å². The van der Waals surface area contributed by atoms with Gasteiger partial charge in [-0.2, -0.15) is 0 Å². The molecule has 0 saturated carbocycles. The molecule has 21 heavy (non-hydrogen) atoms. The largest absolute Gasteiger partial charge is 0.493 e. The highest BCUT2D eigenvalue weighted by Gasteiger charge is 2.16. The fraction of sp³-hybridized carbons (Fsp3) is 0.333. The van der Waals surface area contributed by atoms with Crippen LogP contribution >= 0.6 is 0 Å². The van der Waals surface area contributed by atoms with Gasteiger partial charge in [0.25, 0.3) is 0 Å². The maximum atomic E-state index is 5.42. The van der Waals surface area contributed by atoms with E-state index in [0.717, 1.165) is 18.0 Å². The highest BCUT2D eigenvalue weighted by atomic mass is 16.5. The van der Waals surface area contributed by atoms with Crippen LogP contribution in [0.5, 0.6) is 11.5 Å². The van der Waals surface area contributed by atoms with Gasteiger partial charge in [0.1, 0.15) is 0 Å². The Bertz CT molecular complexity index is 596. The molecule has 112 valence electrons. The molecule has 2 rings (SSSR count). The zero-order valence-electron chi connectivity index (χ0n) is 13.1. The normalized spacial score (nSPS) is 12.0. The first-order chi connectivity index (χ1) is 10.2. The molecule has 0 bridgehead atoms. The molecule has 0 heterocycles. The predicted octanol–water partition coefficient (Wildman–Crippen LogP) is 3.71. The molecular weight excluding hydrogens is 262 g/mol. The van der Waals surface area contributed by atoms with E-state index < -0.39 is 0 Å². The lowest BCUT2D eigenvalue weighted by atomic mass is 9.94. The van der Waals surface area contributed by atoms with Crippen LogP contribution in [-0.4, -0.2) is 20.8 Å². The molecular formula is C18H23NO2. The Morgan fingerprint density at radius 2 is 1.71 bits per heavy atom. The lowest BCUT2D eigenvalue weighted by Crippen LogP contribution is -2.22. The van der Waals surface area contributed by atoms with Crippen LogP contribution in [0.3, 0.4) is 0 Å². The molecule has 0 saturated heterocycles. The van der Waals surface area contributed by atoms with Crippen LogP contribution in [0.4, 0.5) is 0 Å². The van der Waals surface area contributed by atoms with E-state index in [1.807, 2.05) is 12.1 Å². The molecule has 0 aliphatic carbocycles. The van der Waals surface area contributed by atoms with Crippen LogP contribution < -0.4 is 14.8 Å². The predicted molar refractivity (Wildman–Crippen MR) is 86.2 cm³/mol. The van der Waals surface area contributed by atoms with E-state index in [9.17, 15) is 0 Å². The lowest BCUT2D eigenvalue weighted by Gasteiger charge is -2.22. The van der Waals surface area contributed by atoms with E-state index in [1.54, 1.807) is 14.2 Å². The molecule has 0 aliphatic heterocycles. The SMILES string of the molecule is CCNC(c1ccc(OC)c(OC)c1)c1ccccc1C. The Kier molecular flexibility index (Phi) is 5.23. The smallest absolute Gasteiger partial charge is 0.161 e. The Morgan fingerprint density at radius 1 is 1.00 bits per heavy atom. The summed E-state index contributed by atoms with van der Waals surface area (Å²) in [4.78, 5) is 0. The van der Waals surface area contributed by atoms with Crippen LogP contribution in [0.1, 0.15) is 29.7 Å². The molecule has 3 heteroatoms. The minimum Gasteiger partial charge on any atom is -0.493 e. The van der Waals surface area contributed by atoms with Gasteiger partial charge in [-0.3, -0.25) is 0 Å². The number of ether oxygens (including phenoxy) is 2. The molecule has 0 radical (unpaired) electrons. The van der Waals surface area contributed by atoms with Gasteiger partial charge in [0.05, 0.1) is 20.3 Å². The van der Waals surface area contributed by atoms with Crippen molar-refractivity contribution in [3.8, 4) is 11.5 Å². The second-order valence-corrected chi connectivity index (χ2v) is 4.96. The average molecular weight is 285 g/mol. The molecule has 3 nitrogen and oxygen atoms in total. The van der Waals surface area contributed by atoms with Gasteiger partial charge in [0, 0.05) is 0 Å². The van der Waals surface area contributed by atoms with E-state index >= 15 is 0 Å². The minimum atomic E-state index is 0.149. The minimum absolute atomic E-state index is 0.149. The molecule has 2 aromatic rings. The van der Waals surface area contributed by atoms with Gasteiger partial charge < -0.3 is 14.8 Å².